The van der Waals surface area contributed by atoms with Crippen molar-refractivity contribution in [2.45, 2.75) is 32.7 Å². The quantitative estimate of drug-likeness (QED) is 0.736. The van der Waals surface area contributed by atoms with Crippen LogP contribution in [0, 0.1) is 0 Å². The molecule has 1 rings (SSSR count). The van der Waals surface area contributed by atoms with Crippen LogP contribution in [-0.2, 0) is 20.0 Å². The summed E-state index contributed by atoms with van der Waals surface area (Å²) in [4.78, 5) is 2.21. The zero-order chi connectivity index (χ0) is 13.5. The molecule has 18 heavy (non-hydrogen) atoms. The smallest absolute Gasteiger partial charge is 0.0863 e. The topological polar surface area (TPSA) is 33.1 Å². The molecule has 0 fully saturated rings. The molecule has 0 aliphatic carbocycles. The van der Waals surface area contributed by atoms with Crippen LogP contribution in [0.2, 0.25) is 5.02 Å². The van der Waals surface area contributed by atoms with Crippen LogP contribution in [0.1, 0.15) is 31.2 Å². The Morgan fingerprint density at radius 1 is 1.33 bits per heavy atom. The Hall–Kier alpha value is -0.580. The minimum absolute atomic E-state index is 0.796. The van der Waals surface area contributed by atoms with Gasteiger partial charge in [-0.15, -0.1) is 0 Å². The van der Waals surface area contributed by atoms with Crippen LogP contribution in [0.15, 0.2) is 0 Å². The van der Waals surface area contributed by atoms with Gasteiger partial charge in [0.05, 0.1) is 16.4 Å². The summed E-state index contributed by atoms with van der Waals surface area (Å²) in [7, 11) is 6.17. The van der Waals surface area contributed by atoms with E-state index in [9.17, 15) is 0 Å². The summed E-state index contributed by atoms with van der Waals surface area (Å²) in [5.74, 6) is 0. The van der Waals surface area contributed by atoms with E-state index in [1.54, 1.807) is 0 Å². The molecule has 0 spiro atoms. The van der Waals surface area contributed by atoms with Crippen molar-refractivity contribution in [2.24, 2.45) is 7.05 Å². The lowest BCUT2D eigenvalue weighted by molar-refractivity contribution is 0.391. The maximum Gasteiger partial charge on any atom is 0.0863 e. The third kappa shape index (κ3) is 4.59. The number of hydrogen-bond acceptors (Lipinski definition) is 3. The van der Waals surface area contributed by atoms with Gasteiger partial charge in [0, 0.05) is 13.6 Å². The normalized spacial score (nSPS) is 11.4. The second-order valence-electron chi connectivity index (χ2n) is 4.87. The zero-order valence-electron chi connectivity index (χ0n) is 12.0. The van der Waals surface area contributed by atoms with Gasteiger partial charge >= 0.3 is 0 Å². The van der Waals surface area contributed by atoms with E-state index in [1.807, 2.05) is 11.7 Å². The van der Waals surface area contributed by atoms with Gasteiger partial charge in [0.2, 0.25) is 0 Å². The van der Waals surface area contributed by atoms with Gasteiger partial charge in [0.15, 0.2) is 0 Å². The highest BCUT2D eigenvalue weighted by Gasteiger charge is 2.11. The third-order valence-electron chi connectivity index (χ3n) is 3.00. The van der Waals surface area contributed by atoms with Crippen molar-refractivity contribution in [1.29, 1.82) is 0 Å². The van der Waals surface area contributed by atoms with E-state index < -0.39 is 0 Å². The van der Waals surface area contributed by atoms with E-state index in [1.165, 1.54) is 12.8 Å². The van der Waals surface area contributed by atoms with E-state index in [4.69, 9.17) is 11.6 Å². The highest BCUT2D eigenvalue weighted by atomic mass is 35.5. The van der Waals surface area contributed by atoms with Gasteiger partial charge in [-0.3, -0.25) is 4.68 Å². The van der Waals surface area contributed by atoms with Crippen LogP contribution < -0.4 is 5.32 Å². The number of aryl methyl sites for hydroxylation is 2. The summed E-state index contributed by atoms with van der Waals surface area (Å²) in [6.45, 7) is 5.04. The predicted octanol–water partition coefficient (Wildman–Crippen LogP) is 2.07. The van der Waals surface area contributed by atoms with E-state index in [0.29, 0.717) is 0 Å². The average Bonchev–Trinajstić information content (AvgIpc) is 2.59. The lowest BCUT2D eigenvalue weighted by Gasteiger charge is -2.09. The van der Waals surface area contributed by atoms with Gasteiger partial charge in [0.25, 0.3) is 0 Å². The van der Waals surface area contributed by atoms with Gasteiger partial charge in [-0.2, -0.15) is 5.10 Å². The van der Waals surface area contributed by atoms with Crippen LogP contribution in [-0.4, -0.2) is 41.9 Å². The van der Waals surface area contributed by atoms with Crippen molar-refractivity contribution in [3.63, 3.8) is 0 Å². The Balaban J connectivity index is 2.29. The molecule has 0 bridgehead atoms. The monoisotopic (exact) mass is 272 g/mol. The molecule has 0 atom stereocenters. The van der Waals surface area contributed by atoms with Crippen molar-refractivity contribution >= 4 is 11.6 Å². The molecular formula is C13H25ClN4. The Bertz CT molecular complexity index is 360. The standard InChI is InChI=1S/C13H25ClN4/c1-5-11-13(14)12(18(4)16-11)10-15-8-6-7-9-17(2)3/h15H,5-10H2,1-4H3. The van der Waals surface area contributed by atoms with E-state index in [-0.39, 0.29) is 0 Å². The zero-order valence-corrected chi connectivity index (χ0v) is 12.7. The second-order valence-corrected chi connectivity index (χ2v) is 5.25. The molecule has 1 heterocycles. The molecule has 0 unspecified atom stereocenters. The Kier molecular flexibility index (Phi) is 6.68. The number of halogens is 1. The van der Waals surface area contributed by atoms with Crippen molar-refractivity contribution in [3.8, 4) is 0 Å². The highest BCUT2D eigenvalue weighted by Crippen LogP contribution is 2.20. The van der Waals surface area contributed by atoms with Gasteiger partial charge < -0.3 is 10.2 Å². The summed E-state index contributed by atoms with van der Waals surface area (Å²) in [5.41, 5.74) is 2.07. The minimum atomic E-state index is 0.796. The van der Waals surface area contributed by atoms with Crippen LogP contribution in [0.4, 0.5) is 0 Å². The van der Waals surface area contributed by atoms with Gasteiger partial charge in [0.1, 0.15) is 0 Å². The maximum absolute atomic E-state index is 6.28. The molecule has 0 radical (unpaired) electrons. The fraction of sp³-hybridized carbons (Fsp3) is 0.769. The lowest BCUT2D eigenvalue weighted by atomic mass is 10.2. The molecule has 0 aliphatic heterocycles. The van der Waals surface area contributed by atoms with Gasteiger partial charge in [-0.25, -0.2) is 0 Å². The number of nitrogens with zero attached hydrogens (tertiary/aromatic N) is 3. The summed E-state index contributed by atoms with van der Waals surface area (Å²) in [6.07, 6.45) is 3.29. The molecule has 0 saturated carbocycles. The van der Waals surface area contributed by atoms with Crippen molar-refractivity contribution < 1.29 is 0 Å². The van der Waals surface area contributed by atoms with Crippen molar-refractivity contribution in [3.05, 3.63) is 16.4 Å². The molecule has 104 valence electrons. The Morgan fingerprint density at radius 3 is 2.61 bits per heavy atom. The third-order valence-corrected chi connectivity index (χ3v) is 3.44. The van der Waals surface area contributed by atoms with Crippen molar-refractivity contribution in [2.75, 3.05) is 27.2 Å². The fourth-order valence-corrected chi connectivity index (χ4v) is 2.26. The van der Waals surface area contributed by atoms with E-state index >= 15 is 0 Å². The molecular weight excluding hydrogens is 248 g/mol. The van der Waals surface area contributed by atoms with Crippen molar-refractivity contribution in [1.82, 2.24) is 20.0 Å². The Labute approximate surface area is 115 Å². The average molecular weight is 273 g/mol. The van der Waals surface area contributed by atoms with Crippen LogP contribution in [0.25, 0.3) is 0 Å². The first-order valence-corrected chi connectivity index (χ1v) is 6.99. The minimum Gasteiger partial charge on any atom is -0.311 e. The first-order chi connectivity index (χ1) is 8.56. The summed E-state index contributed by atoms with van der Waals surface area (Å²) in [5, 5.41) is 8.66. The van der Waals surface area contributed by atoms with Crippen LogP contribution in [0.3, 0.4) is 0 Å². The summed E-state index contributed by atoms with van der Waals surface area (Å²) < 4.78 is 1.88. The molecule has 0 amide bonds. The highest BCUT2D eigenvalue weighted by molar-refractivity contribution is 6.31. The molecule has 1 aromatic heterocycles. The first kappa shape index (κ1) is 15.5. The lowest BCUT2D eigenvalue weighted by Crippen LogP contribution is -2.19. The number of rotatable bonds is 8. The Morgan fingerprint density at radius 2 is 2.06 bits per heavy atom. The molecule has 0 aliphatic rings. The van der Waals surface area contributed by atoms with Crippen LogP contribution >= 0.6 is 11.6 Å². The SMILES string of the molecule is CCc1nn(C)c(CNCCCCN(C)C)c1Cl. The molecule has 5 heteroatoms. The molecule has 1 aromatic rings. The number of hydrogen-bond donors (Lipinski definition) is 1. The van der Waals surface area contributed by atoms with E-state index in [2.05, 4.69) is 36.3 Å². The number of unbranched alkanes of at least 4 members (excludes halogenated alkanes) is 1. The second kappa shape index (κ2) is 7.77. The predicted molar refractivity (Wildman–Crippen MR) is 77.1 cm³/mol. The summed E-state index contributed by atoms with van der Waals surface area (Å²) >= 11 is 6.28. The molecule has 1 N–H and O–H groups in total. The fourth-order valence-electron chi connectivity index (χ4n) is 1.90. The molecule has 0 saturated heterocycles. The van der Waals surface area contributed by atoms with Crippen LogP contribution in [0.5, 0.6) is 0 Å². The van der Waals surface area contributed by atoms with Gasteiger partial charge in [-0.1, -0.05) is 18.5 Å². The number of nitrogens with one attached hydrogen (secondary N) is 1. The van der Waals surface area contributed by atoms with Gasteiger partial charge in [-0.05, 0) is 46.4 Å². The number of aromatic nitrogens is 2. The molecule has 0 aromatic carbocycles. The first-order valence-electron chi connectivity index (χ1n) is 6.62. The maximum atomic E-state index is 6.28. The molecule has 4 nitrogen and oxygen atoms in total. The van der Waals surface area contributed by atoms with E-state index in [0.717, 1.165) is 42.5 Å². The summed E-state index contributed by atoms with van der Waals surface area (Å²) in [6, 6.07) is 0. The largest absolute Gasteiger partial charge is 0.311 e.